The summed E-state index contributed by atoms with van der Waals surface area (Å²) in [6.07, 6.45) is 0. The second-order valence-electron chi connectivity index (χ2n) is 5.06. The van der Waals surface area contributed by atoms with Crippen LogP contribution in [-0.4, -0.2) is 19.8 Å². The van der Waals surface area contributed by atoms with E-state index in [1.54, 1.807) is 31.3 Å². The highest BCUT2D eigenvalue weighted by atomic mass is 79.9. The summed E-state index contributed by atoms with van der Waals surface area (Å²) in [6.45, 7) is 3.90. The number of benzene rings is 2. The zero-order valence-corrected chi connectivity index (χ0v) is 14.6. The van der Waals surface area contributed by atoms with E-state index in [9.17, 15) is 8.42 Å². The number of sulfonamides is 1. The minimum absolute atomic E-state index is 0.223. The lowest BCUT2D eigenvalue weighted by atomic mass is 10.1. The fourth-order valence-corrected chi connectivity index (χ4v) is 3.65. The van der Waals surface area contributed by atoms with Crippen molar-refractivity contribution in [3.63, 3.8) is 0 Å². The van der Waals surface area contributed by atoms with Crippen molar-refractivity contribution in [3.8, 4) is 0 Å². The van der Waals surface area contributed by atoms with Crippen LogP contribution in [0.5, 0.6) is 0 Å². The molecule has 0 saturated heterocycles. The fraction of sp³-hybridized carbons (Fsp3) is 0.250. The SMILES string of the molecule is Cc1ccc(C(C)N(C)S(=O)(=O)c2ccc(Br)cc2)cc1. The van der Waals surface area contributed by atoms with Gasteiger partial charge in [-0.15, -0.1) is 0 Å². The summed E-state index contributed by atoms with van der Waals surface area (Å²) < 4.78 is 27.5. The van der Waals surface area contributed by atoms with E-state index < -0.39 is 10.0 Å². The molecule has 0 N–H and O–H groups in total. The van der Waals surface area contributed by atoms with Crippen LogP contribution in [0.4, 0.5) is 0 Å². The van der Waals surface area contributed by atoms with Crippen molar-refractivity contribution in [1.82, 2.24) is 4.31 Å². The Morgan fingerprint density at radius 1 is 1.00 bits per heavy atom. The zero-order valence-electron chi connectivity index (χ0n) is 12.2. The van der Waals surface area contributed by atoms with E-state index in [-0.39, 0.29) is 6.04 Å². The number of nitrogens with zero attached hydrogens (tertiary/aromatic N) is 1. The summed E-state index contributed by atoms with van der Waals surface area (Å²) in [6, 6.07) is 14.4. The van der Waals surface area contributed by atoms with Crippen LogP contribution in [-0.2, 0) is 10.0 Å². The molecule has 0 aliphatic carbocycles. The third-order valence-corrected chi connectivity index (χ3v) is 6.07. The molecule has 0 spiro atoms. The van der Waals surface area contributed by atoms with Gasteiger partial charge in [0.1, 0.15) is 0 Å². The Bertz CT molecular complexity index is 709. The molecule has 5 heteroatoms. The number of rotatable bonds is 4. The van der Waals surface area contributed by atoms with Crippen molar-refractivity contribution < 1.29 is 8.42 Å². The summed E-state index contributed by atoms with van der Waals surface area (Å²) >= 11 is 3.31. The molecule has 0 aromatic heterocycles. The van der Waals surface area contributed by atoms with E-state index in [0.717, 1.165) is 15.6 Å². The van der Waals surface area contributed by atoms with Gasteiger partial charge in [-0.3, -0.25) is 0 Å². The van der Waals surface area contributed by atoms with Crippen molar-refractivity contribution in [2.75, 3.05) is 7.05 Å². The highest BCUT2D eigenvalue weighted by Gasteiger charge is 2.26. The van der Waals surface area contributed by atoms with E-state index in [1.807, 2.05) is 38.1 Å². The largest absolute Gasteiger partial charge is 0.243 e. The Morgan fingerprint density at radius 3 is 2.05 bits per heavy atom. The highest BCUT2D eigenvalue weighted by molar-refractivity contribution is 9.10. The van der Waals surface area contributed by atoms with E-state index in [1.165, 1.54) is 4.31 Å². The van der Waals surface area contributed by atoms with Gasteiger partial charge in [0.25, 0.3) is 0 Å². The Hall–Kier alpha value is -1.17. The Kier molecular flexibility index (Phi) is 4.86. The molecule has 0 radical (unpaired) electrons. The summed E-state index contributed by atoms with van der Waals surface area (Å²) in [4.78, 5) is 0.298. The van der Waals surface area contributed by atoms with E-state index in [4.69, 9.17) is 0 Å². The first-order chi connectivity index (χ1) is 9.82. The lowest BCUT2D eigenvalue weighted by Crippen LogP contribution is -2.29. The second-order valence-corrected chi connectivity index (χ2v) is 7.98. The second kappa shape index (κ2) is 6.30. The van der Waals surface area contributed by atoms with Crippen LogP contribution in [0.2, 0.25) is 0 Å². The molecular formula is C16H18BrNO2S. The number of hydrogen-bond acceptors (Lipinski definition) is 2. The smallest absolute Gasteiger partial charge is 0.207 e. The average Bonchev–Trinajstić information content (AvgIpc) is 2.47. The molecule has 2 aromatic rings. The van der Waals surface area contributed by atoms with Crippen molar-refractivity contribution in [2.24, 2.45) is 0 Å². The number of hydrogen-bond donors (Lipinski definition) is 0. The molecule has 0 aliphatic rings. The zero-order chi connectivity index (χ0) is 15.6. The molecule has 0 bridgehead atoms. The van der Waals surface area contributed by atoms with E-state index >= 15 is 0 Å². The first kappa shape index (κ1) is 16.2. The minimum atomic E-state index is -3.50. The summed E-state index contributed by atoms with van der Waals surface area (Å²) in [7, 11) is -1.89. The molecule has 0 heterocycles. The molecule has 0 aliphatic heterocycles. The Labute approximate surface area is 134 Å². The molecule has 1 atom stereocenters. The van der Waals surface area contributed by atoms with Gasteiger partial charge in [-0.25, -0.2) is 8.42 Å². The highest BCUT2D eigenvalue weighted by Crippen LogP contribution is 2.26. The molecule has 0 saturated carbocycles. The van der Waals surface area contributed by atoms with Gasteiger partial charge in [0, 0.05) is 17.6 Å². The summed E-state index contributed by atoms with van der Waals surface area (Å²) in [5, 5.41) is 0. The predicted octanol–water partition coefficient (Wildman–Crippen LogP) is 4.14. The number of aryl methyl sites for hydroxylation is 1. The van der Waals surface area contributed by atoms with Gasteiger partial charge in [0.15, 0.2) is 0 Å². The molecule has 21 heavy (non-hydrogen) atoms. The van der Waals surface area contributed by atoms with Gasteiger partial charge in [-0.1, -0.05) is 45.8 Å². The monoisotopic (exact) mass is 367 g/mol. The molecule has 2 rings (SSSR count). The normalized spacial score (nSPS) is 13.4. The Morgan fingerprint density at radius 2 is 1.52 bits per heavy atom. The van der Waals surface area contributed by atoms with Crippen molar-refractivity contribution in [1.29, 1.82) is 0 Å². The third-order valence-electron chi connectivity index (χ3n) is 3.60. The summed E-state index contributed by atoms with van der Waals surface area (Å²) in [5.74, 6) is 0. The fourth-order valence-electron chi connectivity index (χ4n) is 2.04. The molecule has 0 amide bonds. The van der Waals surface area contributed by atoms with Gasteiger partial charge < -0.3 is 0 Å². The lowest BCUT2D eigenvalue weighted by Gasteiger charge is -2.24. The van der Waals surface area contributed by atoms with Crippen LogP contribution >= 0.6 is 15.9 Å². The molecule has 2 aromatic carbocycles. The van der Waals surface area contributed by atoms with Gasteiger partial charge >= 0.3 is 0 Å². The van der Waals surface area contributed by atoms with Crippen LogP contribution < -0.4 is 0 Å². The van der Waals surface area contributed by atoms with Crippen molar-refractivity contribution in [3.05, 3.63) is 64.1 Å². The van der Waals surface area contributed by atoms with Gasteiger partial charge in [-0.2, -0.15) is 4.31 Å². The first-order valence-corrected chi connectivity index (χ1v) is 8.86. The quantitative estimate of drug-likeness (QED) is 0.814. The van der Waals surface area contributed by atoms with Crippen molar-refractivity contribution in [2.45, 2.75) is 24.8 Å². The molecule has 1 unspecified atom stereocenters. The maximum absolute atomic E-state index is 12.6. The predicted molar refractivity (Wildman–Crippen MR) is 88.7 cm³/mol. The van der Waals surface area contributed by atoms with Crippen molar-refractivity contribution >= 4 is 26.0 Å². The summed E-state index contributed by atoms with van der Waals surface area (Å²) in [5.41, 5.74) is 2.13. The van der Waals surface area contributed by atoms with Crippen LogP contribution in [0.25, 0.3) is 0 Å². The minimum Gasteiger partial charge on any atom is -0.207 e. The van der Waals surface area contributed by atoms with Crippen LogP contribution in [0.3, 0.4) is 0 Å². The molecule has 112 valence electrons. The maximum atomic E-state index is 12.6. The van der Waals surface area contributed by atoms with E-state index in [0.29, 0.717) is 4.90 Å². The van der Waals surface area contributed by atoms with Crippen LogP contribution in [0, 0.1) is 6.92 Å². The molecule has 0 fully saturated rings. The van der Waals surface area contributed by atoms with Gasteiger partial charge in [-0.05, 0) is 43.7 Å². The average molecular weight is 368 g/mol. The van der Waals surface area contributed by atoms with E-state index in [2.05, 4.69) is 15.9 Å². The van der Waals surface area contributed by atoms with Gasteiger partial charge in [0.05, 0.1) is 4.90 Å². The molecule has 3 nitrogen and oxygen atoms in total. The van der Waals surface area contributed by atoms with Crippen LogP contribution in [0.1, 0.15) is 24.1 Å². The lowest BCUT2D eigenvalue weighted by molar-refractivity contribution is 0.398. The standard InChI is InChI=1S/C16H18BrNO2S/c1-12-4-6-14(7-5-12)13(2)18(3)21(19,20)16-10-8-15(17)9-11-16/h4-11,13H,1-3H3. The maximum Gasteiger partial charge on any atom is 0.243 e. The first-order valence-electron chi connectivity index (χ1n) is 6.62. The number of halogens is 1. The topological polar surface area (TPSA) is 37.4 Å². The van der Waals surface area contributed by atoms with Crippen LogP contribution in [0.15, 0.2) is 57.9 Å². The van der Waals surface area contributed by atoms with Gasteiger partial charge in [0.2, 0.25) is 10.0 Å². The third kappa shape index (κ3) is 3.54. The Balaban J connectivity index is 2.31. The molecular weight excluding hydrogens is 350 g/mol.